The molecule has 154 valence electrons. The molecular formula is C23H29N3O3. The summed E-state index contributed by atoms with van der Waals surface area (Å²) in [6.45, 7) is 2.48. The van der Waals surface area contributed by atoms with Crippen molar-refractivity contribution in [2.75, 3.05) is 13.6 Å². The maximum Gasteiger partial charge on any atom is 0.263 e. The van der Waals surface area contributed by atoms with E-state index in [-0.39, 0.29) is 35.9 Å². The molecule has 1 aromatic carbocycles. The van der Waals surface area contributed by atoms with Crippen molar-refractivity contribution in [2.24, 2.45) is 0 Å². The van der Waals surface area contributed by atoms with Crippen LogP contribution in [0, 0.1) is 0 Å². The first-order valence-corrected chi connectivity index (χ1v) is 10.2. The molecule has 0 bridgehead atoms. The predicted molar refractivity (Wildman–Crippen MR) is 113 cm³/mol. The van der Waals surface area contributed by atoms with Gasteiger partial charge in [-0.2, -0.15) is 0 Å². The molecule has 3 rings (SSSR count). The van der Waals surface area contributed by atoms with Gasteiger partial charge < -0.3 is 14.8 Å². The first-order valence-electron chi connectivity index (χ1n) is 10.2. The largest absolute Gasteiger partial charge is 0.352 e. The van der Waals surface area contributed by atoms with E-state index in [1.807, 2.05) is 30.3 Å². The van der Waals surface area contributed by atoms with Crippen LogP contribution in [0.25, 0.3) is 0 Å². The summed E-state index contributed by atoms with van der Waals surface area (Å²) >= 11 is 0. The van der Waals surface area contributed by atoms with Crippen LogP contribution in [-0.2, 0) is 11.3 Å². The summed E-state index contributed by atoms with van der Waals surface area (Å²) in [5.41, 5.74) is 0.795. The van der Waals surface area contributed by atoms with Crippen LogP contribution in [-0.4, -0.2) is 40.9 Å². The van der Waals surface area contributed by atoms with Gasteiger partial charge in [-0.25, -0.2) is 0 Å². The standard InChI is InChI=1S/C23H29N3O3/c1-17(18-9-4-3-5-10-18)15-25(2)22(28)20-13-8-14-26(23(20)29)16-21(27)24-19-11-6-7-12-19/h3-5,8-10,13-14,17,19H,6-7,11-12,15-16H2,1-2H3,(H,24,27)/t17-/m1/s1. The van der Waals surface area contributed by atoms with Gasteiger partial charge in [0, 0.05) is 25.8 Å². The Balaban J connectivity index is 1.66. The van der Waals surface area contributed by atoms with Crippen molar-refractivity contribution in [1.29, 1.82) is 0 Å². The number of rotatable bonds is 7. The lowest BCUT2D eigenvalue weighted by molar-refractivity contribution is -0.122. The Morgan fingerprint density at radius 1 is 1.14 bits per heavy atom. The van der Waals surface area contributed by atoms with Gasteiger partial charge >= 0.3 is 0 Å². The van der Waals surface area contributed by atoms with E-state index in [0.29, 0.717) is 6.54 Å². The highest BCUT2D eigenvalue weighted by molar-refractivity contribution is 5.93. The molecule has 1 saturated carbocycles. The van der Waals surface area contributed by atoms with Crippen molar-refractivity contribution < 1.29 is 9.59 Å². The number of hydrogen-bond donors (Lipinski definition) is 1. The zero-order chi connectivity index (χ0) is 20.8. The van der Waals surface area contributed by atoms with Gasteiger partial charge in [0.15, 0.2) is 0 Å². The molecule has 1 atom stereocenters. The number of nitrogens with zero attached hydrogens (tertiary/aromatic N) is 2. The van der Waals surface area contributed by atoms with Crippen LogP contribution >= 0.6 is 0 Å². The van der Waals surface area contributed by atoms with E-state index in [2.05, 4.69) is 12.2 Å². The van der Waals surface area contributed by atoms with Crippen molar-refractivity contribution in [1.82, 2.24) is 14.8 Å². The number of amides is 2. The summed E-state index contributed by atoms with van der Waals surface area (Å²) in [6, 6.07) is 13.3. The Morgan fingerprint density at radius 2 is 1.83 bits per heavy atom. The summed E-state index contributed by atoms with van der Waals surface area (Å²) in [4.78, 5) is 39.5. The van der Waals surface area contributed by atoms with Crippen molar-refractivity contribution in [3.05, 3.63) is 70.1 Å². The van der Waals surface area contributed by atoms with Crippen LogP contribution in [0.2, 0.25) is 0 Å². The highest BCUT2D eigenvalue weighted by atomic mass is 16.2. The quantitative estimate of drug-likeness (QED) is 0.784. The third-order valence-electron chi connectivity index (χ3n) is 5.55. The molecule has 0 radical (unpaired) electrons. The minimum Gasteiger partial charge on any atom is -0.352 e. The summed E-state index contributed by atoms with van der Waals surface area (Å²) in [5, 5.41) is 2.98. The van der Waals surface area contributed by atoms with E-state index in [0.717, 1.165) is 31.2 Å². The summed E-state index contributed by atoms with van der Waals surface area (Å²) in [7, 11) is 1.70. The second kappa shape index (κ2) is 9.54. The minimum atomic E-state index is -0.432. The highest BCUT2D eigenvalue weighted by Crippen LogP contribution is 2.18. The van der Waals surface area contributed by atoms with Crippen LogP contribution in [0.4, 0.5) is 0 Å². The fraction of sp³-hybridized carbons (Fsp3) is 0.435. The van der Waals surface area contributed by atoms with E-state index in [4.69, 9.17) is 0 Å². The topological polar surface area (TPSA) is 71.4 Å². The molecule has 1 heterocycles. The first kappa shape index (κ1) is 20.8. The second-order valence-corrected chi connectivity index (χ2v) is 7.90. The van der Waals surface area contributed by atoms with Gasteiger partial charge in [0.2, 0.25) is 5.91 Å². The Labute approximate surface area is 171 Å². The van der Waals surface area contributed by atoms with Gasteiger partial charge in [-0.3, -0.25) is 14.4 Å². The molecule has 1 fully saturated rings. The highest BCUT2D eigenvalue weighted by Gasteiger charge is 2.21. The summed E-state index contributed by atoms with van der Waals surface area (Å²) in [5.74, 6) is -0.369. The number of hydrogen-bond acceptors (Lipinski definition) is 3. The SMILES string of the molecule is C[C@H](CN(C)C(=O)c1cccn(CC(=O)NC2CCCC2)c1=O)c1ccccc1. The number of aromatic nitrogens is 1. The molecular weight excluding hydrogens is 366 g/mol. The second-order valence-electron chi connectivity index (χ2n) is 7.90. The molecule has 1 aliphatic carbocycles. The molecule has 29 heavy (non-hydrogen) atoms. The monoisotopic (exact) mass is 395 g/mol. The maximum absolute atomic E-state index is 12.9. The molecule has 1 aliphatic rings. The predicted octanol–water partition coefficient (Wildman–Crippen LogP) is 2.78. The normalized spacial score (nSPS) is 15.1. The fourth-order valence-electron chi connectivity index (χ4n) is 3.91. The Bertz CT molecular complexity index is 901. The average Bonchev–Trinajstić information content (AvgIpc) is 3.22. The third-order valence-corrected chi connectivity index (χ3v) is 5.55. The minimum absolute atomic E-state index is 0.0689. The van der Waals surface area contributed by atoms with Gasteiger partial charge in [-0.1, -0.05) is 50.1 Å². The van der Waals surface area contributed by atoms with Gasteiger partial charge in [-0.15, -0.1) is 0 Å². The van der Waals surface area contributed by atoms with E-state index in [1.54, 1.807) is 24.2 Å². The molecule has 2 aromatic rings. The van der Waals surface area contributed by atoms with E-state index >= 15 is 0 Å². The van der Waals surface area contributed by atoms with Gasteiger partial charge in [0.1, 0.15) is 12.1 Å². The Hall–Kier alpha value is -2.89. The molecule has 6 heteroatoms. The number of pyridine rings is 1. The Morgan fingerprint density at radius 3 is 2.52 bits per heavy atom. The van der Waals surface area contributed by atoms with Crippen LogP contribution < -0.4 is 10.9 Å². The summed E-state index contributed by atoms with van der Waals surface area (Å²) < 4.78 is 1.31. The van der Waals surface area contributed by atoms with Crippen LogP contribution in [0.3, 0.4) is 0 Å². The smallest absolute Gasteiger partial charge is 0.263 e. The van der Waals surface area contributed by atoms with Crippen molar-refractivity contribution in [3.63, 3.8) is 0 Å². The molecule has 0 unspecified atom stereocenters. The van der Waals surface area contributed by atoms with Crippen molar-refractivity contribution in [3.8, 4) is 0 Å². The molecule has 2 amide bonds. The fourth-order valence-corrected chi connectivity index (χ4v) is 3.91. The van der Waals surface area contributed by atoms with Gasteiger partial charge in [0.25, 0.3) is 11.5 Å². The van der Waals surface area contributed by atoms with Gasteiger partial charge in [-0.05, 0) is 36.5 Å². The molecule has 1 N–H and O–H groups in total. The van der Waals surface area contributed by atoms with Crippen LogP contribution in [0.1, 0.15) is 54.4 Å². The zero-order valence-electron chi connectivity index (χ0n) is 17.1. The molecule has 0 spiro atoms. The summed E-state index contributed by atoms with van der Waals surface area (Å²) in [6.07, 6.45) is 5.79. The number of benzene rings is 1. The van der Waals surface area contributed by atoms with E-state index in [9.17, 15) is 14.4 Å². The van der Waals surface area contributed by atoms with Gasteiger partial charge in [0.05, 0.1) is 0 Å². The maximum atomic E-state index is 12.9. The lowest BCUT2D eigenvalue weighted by Crippen LogP contribution is -2.40. The average molecular weight is 396 g/mol. The number of carbonyl (C=O) groups excluding carboxylic acids is 2. The first-order chi connectivity index (χ1) is 14.0. The van der Waals surface area contributed by atoms with Crippen molar-refractivity contribution >= 4 is 11.8 Å². The van der Waals surface area contributed by atoms with E-state index in [1.165, 1.54) is 10.6 Å². The van der Waals surface area contributed by atoms with E-state index < -0.39 is 5.56 Å². The van der Waals surface area contributed by atoms with Crippen molar-refractivity contribution in [2.45, 2.75) is 51.1 Å². The number of likely N-dealkylation sites (N-methyl/N-ethyl adjacent to an activating group) is 1. The molecule has 6 nitrogen and oxygen atoms in total. The molecule has 0 aliphatic heterocycles. The lowest BCUT2D eigenvalue weighted by atomic mass is 10.0. The Kier molecular flexibility index (Phi) is 6.86. The van der Waals surface area contributed by atoms with Crippen LogP contribution in [0.5, 0.6) is 0 Å². The van der Waals surface area contributed by atoms with Crippen LogP contribution in [0.15, 0.2) is 53.5 Å². The lowest BCUT2D eigenvalue weighted by Gasteiger charge is -2.22. The zero-order valence-corrected chi connectivity index (χ0v) is 17.1. The third kappa shape index (κ3) is 5.34. The number of nitrogens with one attached hydrogen (secondary N) is 1. The number of carbonyl (C=O) groups is 2. The molecule has 1 aromatic heterocycles. The molecule has 0 saturated heterocycles.